The van der Waals surface area contributed by atoms with Gasteiger partial charge in [-0.05, 0) is 75.6 Å². The zero-order valence-electron chi connectivity index (χ0n) is 19.5. The third-order valence-corrected chi connectivity index (χ3v) is 7.68. The van der Waals surface area contributed by atoms with Gasteiger partial charge in [0.2, 0.25) is 0 Å². The lowest BCUT2D eigenvalue weighted by Gasteiger charge is -2.26. The average molecular weight is 475 g/mol. The molecule has 1 N–H and O–H groups in total. The number of piperidine rings is 1. The first-order chi connectivity index (χ1) is 16.6. The highest BCUT2D eigenvalue weighted by Gasteiger charge is 2.14. The van der Waals surface area contributed by atoms with E-state index in [-0.39, 0.29) is 11.7 Å². The van der Waals surface area contributed by atoms with E-state index in [1.54, 1.807) is 18.4 Å². The number of carbonyl (C=O) groups excluding carboxylic acids is 2. The first-order valence-electron chi connectivity index (χ1n) is 12.1. The van der Waals surface area contributed by atoms with E-state index in [2.05, 4.69) is 14.6 Å². The molecule has 0 aliphatic carbocycles. The second kappa shape index (κ2) is 10.1. The number of nitrogens with one attached hydrogen (secondary N) is 1. The molecule has 0 spiro atoms. The predicted molar refractivity (Wildman–Crippen MR) is 138 cm³/mol. The van der Waals surface area contributed by atoms with Crippen LogP contribution in [0.4, 0.5) is 0 Å². The van der Waals surface area contributed by atoms with Crippen LogP contribution in [-0.4, -0.2) is 52.7 Å². The predicted octanol–water partition coefficient (Wildman–Crippen LogP) is 5.41. The fourth-order valence-corrected chi connectivity index (χ4v) is 5.75. The number of likely N-dealkylation sites (tertiary alicyclic amines) is 1. The molecule has 1 aliphatic heterocycles. The summed E-state index contributed by atoms with van der Waals surface area (Å²) < 4.78 is 3.15. The number of unbranched alkanes of at least 4 members (excludes halogenated alkanes) is 1. The van der Waals surface area contributed by atoms with Crippen LogP contribution in [0.5, 0.6) is 0 Å². The van der Waals surface area contributed by atoms with E-state index in [9.17, 15) is 9.59 Å². The van der Waals surface area contributed by atoms with Gasteiger partial charge in [0, 0.05) is 36.4 Å². The van der Waals surface area contributed by atoms with Crippen molar-refractivity contribution < 1.29 is 9.59 Å². The molecular weight excluding hydrogens is 444 g/mol. The maximum Gasteiger partial charge on any atom is 0.251 e. The highest BCUT2D eigenvalue weighted by molar-refractivity contribution is 7.23. The molecular formula is C27H30N4O2S. The zero-order chi connectivity index (χ0) is 23.5. The minimum Gasteiger partial charge on any atom is -0.355 e. The van der Waals surface area contributed by atoms with E-state index >= 15 is 0 Å². The standard InChI is InChI=1S/C27H30N4O2S/c1-28-26(33)20-10-8-19(9-11-20)22-18-31-23-13-12-21(17-25(23)34-27(31)29-22)24(32)7-3-6-16-30-14-4-2-5-15-30/h8-13,17-18H,2-7,14-16H2,1H3,(H,28,33). The van der Waals surface area contributed by atoms with Crippen LogP contribution in [0.2, 0.25) is 0 Å². The maximum absolute atomic E-state index is 12.8. The Labute approximate surface area is 203 Å². The Balaban J connectivity index is 1.25. The van der Waals surface area contributed by atoms with Crippen molar-refractivity contribution >= 4 is 38.2 Å². The summed E-state index contributed by atoms with van der Waals surface area (Å²) in [5, 5.41) is 2.64. The van der Waals surface area contributed by atoms with Crippen molar-refractivity contribution in [3.63, 3.8) is 0 Å². The van der Waals surface area contributed by atoms with Crippen molar-refractivity contribution in [3.8, 4) is 11.3 Å². The molecule has 3 heterocycles. The van der Waals surface area contributed by atoms with Gasteiger partial charge in [-0.15, -0.1) is 0 Å². The van der Waals surface area contributed by atoms with E-state index < -0.39 is 0 Å². The molecule has 176 valence electrons. The van der Waals surface area contributed by atoms with Crippen molar-refractivity contribution in [2.45, 2.75) is 38.5 Å². The summed E-state index contributed by atoms with van der Waals surface area (Å²) in [6.45, 7) is 3.55. The van der Waals surface area contributed by atoms with Gasteiger partial charge in [0.15, 0.2) is 10.7 Å². The largest absolute Gasteiger partial charge is 0.355 e. The highest BCUT2D eigenvalue weighted by Crippen LogP contribution is 2.30. The van der Waals surface area contributed by atoms with Gasteiger partial charge < -0.3 is 10.2 Å². The van der Waals surface area contributed by atoms with Gasteiger partial charge in [-0.2, -0.15) is 0 Å². The lowest BCUT2D eigenvalue weighted by atomic mass is 10.0. The molecule has 1 amide bonds. The van der Waals surface area contributed by atoms with Crippen LogP contribution in [0.3, 0.4) is 0 Å². The molecule has 0 atom stereocenters. The zero-order valence-corrected chi connectivity index (χ0v) is 20.4. The van der Waals surface area contributed by atoms with Crippen molar-refractivity contribution in [2.75, 3.05) is 26.7 Å². The minimum atomic E-state index is -0.101. The maximum atomic E-state index is 12.8. The fraction of sp³-hybridized carbons (Fsp3) is 0.370. The summed E-state index contributed by atoms with van der Waals surface area (Å²) in [6.07, 6.45) is 8.65. The molecule has 5 rings (SSSR count). The Morgan fingerprint density at radius 3 is 2.53 bits per heavy atom. The molecule has 34 heavy (non-hydrogen) atoms. The molecule has 7 heteroatoms. The number of aromatic nitrogens is 2. The van der Waals surface area contributed by atoms with Gasteiger partial charge in [-0.3, -0.25) is 14.0 Å². The number of hydrogen-bond acceptors (Lipinski definition) is 5. The van der Waals surface area contributed by atoms with Crippen LogP contribution < -0.4 is 5.32 Å². The van der Waals surface area contributed by atoms with E-state index in [1.165, 1.54) is 32.4 Å². The van der Waals surface area contributed by atoms with Gasteiger partial charge >= 0.3 is 0 Å². The molecule has 0 radical (unpaired) electrons. The van der Waals surface area contributed by atoms with Crippen LogP contribution in [0.1, 0.15) is 59.2 Å². The number of carbonyl (C=O) groups is 2. The monoisotopic (exact) mass is 474 g/mol. The number of benzene rings is 2. The van der Waals surface area contributed by atoms with Gasteiger partial charge in [0.05, 0.1) is 15.9 Å². The number of nitrogens with zero attached hydrogens (tertiary/aromatic N) is 3. The Bertz CT molecular complexity index is 1320. The molecule has 2 aromatic carbocycles. The van der Waals surface area contributed by atoms with Crippen LogP contribution >= 0.6 is 11.3 Å². The lowest BCUT2D eigenvalue weighted by molar-refractivity contribution is 0.0959. The molecule has 6 nitrogen and oxygen atoms in total. The number of imidazole rings is 1. The number of amides is 1. The van der Waals surface area contributed by atoms with Gasteiger partial charge in [-0.25, -0.2) is 4.98 Å². The van der Waals surface area contributed by atoms with Crippen molar-refractivity contribution in [1.29, 1.82) is 0 Å². The van der Waals surface area contributed by atoms with Crippen LogP contribution in [-0.2, 0) is 0 Å². The summed E-state index contributed by atoms with van der Waals surface area (Å²) in [4.78, 5) is 32.8. The molecule has 1 aliphatic rings. The van der Waals surface area contributed by atoms with E-state index in [0.717, 1.165) is 51.4 Å². The molecule has 0 saturated carbocycles. The number of hydrogen-bond donors (Lipinski definition) is 1. The summed E-state index contributed by atoms with van der Waals surface area (Å²) in [7, 11) is 1.63. The average Bonchev–Trinajstić information content (AvgIpc) is 3.44. The third kappa shape index (κ3) is 4.76. The number of rotatable bonds is 8. The van der Waals surface area contributed by atoms with Gasteiger partial charge in [-0.1, -0.05) is 29.9 Å². The molecule has 1 saturated heterocycles. The number of ketones is 1. The van der Waals surface area contributed by atoms with Crippen molar-refractivity contribution in [1.82, 2.24) is 19.6 Å². The summed E-state index contributed by atoms with van der Waals surface area (Å²) in [5.41, 5.74) is 4.31. The smallest absolute Gasteiger partial charge is 0.251 e. The summed E-state index contributed by atoms with van der Waals surface area (Å²) in [5.74, 6) is 0.124. The molecule has 0 unspecified atom stereocenters. The molecule has 2 aromatic heterocycles. The second-order valence-electron chi connectivity index (χ2n) is 9.00. The SMILES string of the molecule is CNC(=O)c1ccc(-c2cn3c(n2)sc2cc(C(=O)CCCCN4CCCCC4)ccc23)cc1. The quantitative estimate of drug-likeness (QED) is 0.274. The lowest BCUT2D eigenvalue weighted by Crippen LogP contribution is -2.30. The number of Topliss-reactive ketones (excluding diaryl/α,β-unsaturated/α-hetero) is 1. The molecule has 4 aromatic rings. The highest BCUT2D eigenvalue weighted by atomic mass is 32.1. The normalized spacial score (nSPS) is 14.6. The Hall–Kier alpha value is -3.03. The first-order valence-corrected chi connectivity index (χ1v) is 12.9. The first kappa shape index (κ1) is 22.7. The van der Waals surface area contributed by atoms with Crippen molar-refractivity contribution in [3.05, 3.63) is 59.8 Å². The number of thiazole rings is 1. The van der Waals surface area contributed by atoms with E-state index in [1.807, 2.05) is 48.7 Å². The summed E-state index contributed by atoms with van der Waals surface area (Å²) in [6, 6.07) is 13.4. The third-order valence-electron chi connectivity index (χ3n) is 6.66. The topological polar surface area (TPSA) is 66.7 Å². The van der Waals surface area contributed by atoms with E-state index in [4.69, 9.17) is 4.98 Å². The van der Waals surface area contributed by atoms with Crippen molar-refractivity contribution in [2.24, 2.45) is 0 Å². The minimum absolute atomic E-state index is 0.101. The molecule has 1 fully saturated rings. The fourth-order valence-electron chi connectivity index (χ4n) is 4.70. The van der Waals surface area contributed by atoms with Gasteiger partial charge in [0.1, 0.15) is 0 Å². The molecule has 0 bridgehead atoms. The van der Waals surface area contributed by atoms with Crippen LogP contribution in [0.25, 0.3) is 26.4 Å². The Kier molecular flexibility index (Phi) is 6.74. The van der Waals surface area contributed by atoms with E-state index in [0.29, 0.717) is 12.0 Å². The number of fused-ring (bicyclic) bond motifs is 3. The Morgan fingerprint density at radius 1 is 1.00 bits per heavy atom. The van der Waals surface area contributed by atoms with Crippen LogP contribution in [0.15, 0.2) is 48.7 Å². The van der Waals surface area contributed by atoms with Gasteiger partial charge in [0.25, 0.3) is 5.91 Å². The Morgan fingerprint density at radius 2 is 1.76 bits per heavy atom. The summed E-state index contributed by atoms with van der Waals surface area (Å²) >= 11 is 1.60. The second-order valence-corrected chi connectivity index (χ2v) is 10.0. The van der Waals surface area contributed by atoms with Crippen LogP contribution in [0, 0.1) is 0 Å².